The zero-order valence-corrected chi connectivity index (χ0v) is 16.9. The molecule has 26 heavy (non-hydrogen) atoms. The zero-order chi connectivity index (χ0) is 18.9. The number of rotatable bonds is 5. The van der Waals surface area contributed by atoms with Gasteiger partial charge in [-0.05, 0) is 49.3 Å². The number of nitrogens with zero attached hydrogens (tertiary/aromatic N) is 2. The van der Waals surface area contributed by atoms with Crippen LogP contribution >= 0.6 is 0 Å². The van der Waals surface area contributed by atoms with E-state index in [0.29, 0.717) is 25.9 Å². The Morgan fingerprint density at radius 2 is 1.62 bits per heavy atom. The highest BCUT2D eigenvalue weighted by Gasteiger charge is 2.49. The van der Waals surface area contributed by atoms with Gasteiger partial charge in [-0.1, -0.05) is 32.9 Å². The molecular weight excluding hydrogens is 348 g/mol. The summed E-state index contributed by atoms with van der Waals surface area (Å²) in [6.45, 7) is 7.61. The van der Waals surface area contributed by atoms with Crippen LogP contribution in [-0.2, 0) is 21.2 Å². The van der Waals surface area contributed by atoms with Crippen LogP contribution < -0.4 is 4.90 Å². The number of hydrogen-bond donors (Lipinski definition) is 0. The molecule has 3 rings (SSSR count). The summed E-state index contributed by atoms with van der Waals surface area (Å²) in [5, 5.41) is 0. The summed E-state index contributed by atoms with van der Waals surface area (Å²) in [5.41, 5.74) is 1.84. The van der Waals surface area contributed by atoms with Crippen molar-refractivity contribution in [2.45, 2.75) is 46.5 Å². The molecule has 5 nitrogen and oxygen atoms in total. The van der Waals surface area contributed by atoms with E-state index in [2.05, 4.69) is 19.1 Å². The van der Waals surface area contributed by atoms with Gasteiger partial charge in [-0.25, -0.2) is 12.7 Å². The Hall–Kier alpha value is -1.40. The van der Waals surface area contributed by atoms with Crippen LogP contribution in [-0.4, -0.2) is 44.0 Å². The van der Waals surface area contributed by atoms with Crippen molar-refractivity contribution >= 4 is 21.6 Å². The topological polar surface area (TPSA) is 57.7 Å². The molecule has 1 aromatic carbocycles. The minimum absolute atomic E-state index is 0.116. The highest BCUT2D eigenvalue weighted by molar-refractivity contribution is 7.89. The first-order chi connectivity index (χ1) is 12.3. The van der Waals surface area contributed by atoms with Gasteiger partial charge in [0.05, 0.1) is 11.2 Å². The van der Waals surface area contributed by atoms with Crippen molar-refractivity contribution in [3.63, 3.8) is 0 Å². The number of carbonyl (C=O) groups is 1. The molecule has 2 fully saturated rings. The smallest absolute Gasteiger partial charge is 0.233 e. The van der Waals surface area contributed by atoms with Crippen LogP contribution in [0.3, 0.4) is 0 Å². The summed E-state index contributed by atoms with van der Waals surface area (Å²) in [4.78, 5) is 15.0. The van der Waals surface area contributed by atoms with Crippen LogP contribution in [0.1, 0.15) is 45.6 Å². The second kappa shape index (κ2) is 7.31. The molecular formula is C20H30N2O3S. The van der Waals surface area contributed by atoms with Gasteiger partial charge in [0.15, 0.2) is 0 Å². The number of sulfonamides is 1. The molecule has 144 valence electrons. The molecule has 2 aliphatic heterocycles. The van der Waals surface area contributed by atoms with Crippen molar-refractivity contribution < 1.29 is 13.2 Å². The molecule has 0 atom stereocenters. The van der Waals surface area contributed by atoms with Crippen LogP contribution in [0.25, 0.3) is 0 Å². The maximum atomic E-state index is 13.1. The minimum Gasteiger partial charge on any atom is -0.312 e. The Labute approximate surface area is 157 Å². The molecule has 1 spiro atoms. The quantitative estimate of drug-likeness (QED) is 0.791. The van der Waals surface area contributed by atoms with E-state index < -0.39 is 10.0 Å². The van der Waals surface area contributed by atoms with Crippen LogP contribution in [0.2, 0.25) is 0 Å². The summed E-state index contributed by atoms with van der Waals surface area (Å²) in [6.07, 6.45) is 3.07. The third kappa shape index (κ3) is 3.67. The first-order valence-corrected chi connectivity index (χ1v) is 11.3. The molecule has 1 amide bonds. The van der Waals surface area contributed by atoms with Gasteiger partial charge in [-0.15, -0.1) is 0 Å². The summed E-state index contributed by atoms with van der Waals surface area (Å²) in [6, 6.07) is 8.21. The summed E-state index contributed by atoms with van der Waals surface area (Å²) in [7, 11) is -3.21. The lowest BCUT2D eigenvalue weighted by Gasteiger charge is -2.37. The Kier molecular flexibility index (Phi) is 5.45. The molecule has 0 N–H and O–H groups in total. The van der Waals surface area contributed by atoms with E-state index >= 15 is 0 Å². The lowest BCUT2D eigenvalue weighted by atomic mass is 9.77. The van der Waals surface area contributed by atoms with E-state index in [0.717, 1.165) is 25.1 Å². The number of aryl methyl sites for hydroxylation is 1. The SMILES string of the molecule is CCc1ccc(N2CCC3(CCN(S(=O)(=O)CC(C)C)CC3)C2=O)cc1. The fraction of sp³-hybridized carbons (Fsp3) is 0.650. The first kappa shape index (κ1) is 19.4. The van der Waals surface area contributed by atoms with Crippen LogP contribution in [0.4, 0.5) is 5.69 Å². The average molecular weight is 379 g/mol. The second-order valence-electron chi connectivity index (χ2n) is 8.08. The Bertz CT molecular complexity index is 748. The van der Waals surface area contributed by atoms with Gasteiger partial charge < -0.3 is 4.90 Å². The van der Waals surface area contributed by atoms with E-state index in [-0.39, 0.29) is 23.0 Å². The maximum absolute atomic E-state index is 13.1. The van der Waals surface area contributed by atoms with Gasteiger partial charge >= 0.3 is 0 Å². The standard InChI is InChI=1S/C20H30N2O3S/c1-4-17-5-7-18(8-6-17)22-14-11-20(19(22)23)9-12-21(13-10-20)26(24,25)15-16(2)3/h5-8,16H,4,9-15H2,1-3H3. The largest absolute Gasteiger partial charge is 0.312 e. The monoisotopic (exact) mass is 378 g/mol. The minimum atomic E-state index is -3.21. The van der Waals surface area contributed by atoms with Gasteiger partial charge in [-0.3, -0.25) is 4.79 Å². The van der Waals surface area contributed by atoms with Crippen LogP contribution in [0, 0.1) is 11.3 Å². The lowest BCUT2D eigenvalue weighted by molar-refractivity contribution is -0.127. The number of amides is 1. The van der Waals surface area contributed by atoms with Crippen molar-refractivity contribution in [2.24, 2.45) is 11.3 Å². The maximum Gasteiger partial charge on any atom is 0.233 e. The predicted octanol–water partition coefficient (Wildman–Crippen LogP) is 3.05. The van der Waals surface area contributed by atoms with Gasteiger partial charge in [0.1, 0.15) is 0 Å². The normalized spacial score (nSPS) is 21.1. The van der Waals surface area contributed by atoms with Crippen molar-refractivity contribution in [3.8, 4) is 0 Å². The number of hydrogen-bond acceptors (Lipinski definition) is 3. The van der Waals surface area contributed by atoms with Gasteiger partial charge in [0.2, 0.25) is 15.9 Å². The molecule has 0 aromatic heterocycles. The molecule has 0 aliphatic carbocycles. The van der Waals surface area contributed by atoms with Crippen LogP contribution in [0.5, 0.6) is 0 Å². The van der Waals surface area contributed by atoms with E-state index in [1.165, 1.54) is 5.56 Å². The van der Waals surface area contributed by atoms with Gasteiger partial charge in [0, 0.05) is 25.3 Å². The summed E-state index contributed by atoms with van der Waals surface area (Å²) >= 11 is 0. The van der Waals surface area contributed by atoms with Crippen LogP contribution in [0.15, 0.2) is 24.3 Å². The molecule has 0 saturated carbocycles. The number of piperidine rings is 1. The highest BCUT2D eigenvalue weighted by atomic mass is 32.2. The number of carbonyl (C=O) groups excluding carboxylic acids is 1. The van der Waals surface area contributed by atoms with E-state index in [1.54, 1.807) is 4.31 Å². The van der Waals surface area contributed by atoms with Gasteiger partial charge in [0.25, 0.3) is 0 Å². The Morgan fingerprint density at radius 3 is 2.15 bits per heavy atom. The molecule has 0 unspecified atom stereocenters. The van der Waals surface area contributed by atoms with Crippen molar-refractivity contribution in [3.05, 3.63) is 29.8 Å². The third-order valence-electron chi connectivity index (χ3n) is 5.79. The molecule has 2 saturated heterocycles. The zero-order valence-electron chi connectivity index (χ0n) is 16.1. The Balaban J connectivity index is 1.68. The highest BCUT2D eigenvalue weighted by Crippen LogP contribution is 2.43. The summed E-state index contributed by atoms with van der Waals surface area (Å²) < 4.78 is 26.5. The molecule has 0 bridgehead atoms. The molecule has 6 heteroatoms. The summed E-state index contributed by atoms with van der Waals surface area (Å²) in [5.74, 6) is 0.470. The Morgan fingerprint density at radius 1 is 1.04 bits per heavy atom. The van der Waals surface area contributed by atoms with Crippen molar-refractivity contribution in [1.82, 2.24) is 4.31 Å². The van der Waals surface area contributed by atoms with Crippen molar-refractivity contribution in [1.29, 1.82) is 0 Å². The lowest BCUT2D eigenvalue weighted by Crippen LogP contribution is -2.47. The fourth-order valence-electron chi connectivity index (χ4n) is 4.16. The molecule has 2 aliphatic rings. The third-order valence-corrected chi connectivity index (χ3v) is 8.03. The number of benzene rings is 1. The van der Waals surface area contributed by atoms with Crippen molar-refractivity contribution in [2.75, 3.05) is 30.3 Å². The number of anilines is 1. The molecule has 2 heterocycles. The average Bonchev–Trinajstić information content (AvgIpc) is 2.91. The van der Waals surface area contributed by atoms with E-state index in [9.17, 15) is 13.2 Å². The van der Waals surface area contributed by atoms with E-state index in [4.69, 9.17) is 0 Å². The second-order valence-corrected chi connectivity index (χ2v) is 10.1. The predicted molar refractivity (Wildman–Crippen MR) is 105 cm³/mol. The molecule has 1 aromatic rings. The van der Waals surface area contributed by atoms with E-state index in [1.807, 2.05) is 30.9 Å². The first-order valence-electron chi connectivity index (χ1n) is 9.66. The molecule has 0 radical (unpaired) electrons. The van der Waals surface area contributed by atoms with Gasteiger partial charge in [-0.2, -0.15) is 0 Å². The fourth-order valence-corrected chi connectivity index (χ4v) is 5.95.